The Kier molecular flexibility index (Phi) is 8.24. The fourth-order valence-electron chi connectivity index (χ4n) is 4.36. The van der Waals surface area contributed by atoms with Crippen molar-refractivity contribution in [2.75, 3.05) is 6.54 Å². The lowest BCUT2D eigenvalue weighted by Gasteiger charge is -2.31. The molecule has 0 saturated heterocycles. The second-order valence-corrected chi connectivity index (χ2v) is 9.44. The van der Waals surface area contributed by atoms with Crippen molar-refractivity contribution in [2.24, 2.45) is 11.7 Å². The van der Waals surface area contributed by atoms with E-state index in [0.717, 1.165) is 16.7 Å². The molecule has 0 aromatic heterocycles. The van der Waals surface area contributed by atoms with E-state index in [0.29, 0.717) is 24.8 Å². The van der Waals surface area contributed by atoms with E-state index in [1.54, 1.807) is 24.3 Å². The zero-order valence-corrected chi connectivity index (χ0v) is 20.1. The van der Waals surface area contributed by atoms with Crippen LogP contribution >= 0.6 is 0 Å². The van der Waals surface area contributed by atoms with Gasteiger partial charge in [-0.15, -0.1) is 0 Å². The number of hydrogen-bond donors (Lipinski definition) is 6. The summed E-state index contributed by atoms with van der Waals surface area (Å²) < 4.78 is 0. The summed E-state index contributed by atoms with van der Waals surface area (Å²) in [6.07, 6.45) is 1.13. The molecule has 0 radical (unpaired) electrons. The van der Waals surface area contributed by atoms with Crippen LogP contribution in [0.2, 0.25) is 0 Å². The maximum absolute atomic E-state index is 13.5. The third-order valence-electron chi connectivity index (χ3n) is 6.14. The summed E-state index contributed by atoms with van der Waals surface area (Å²) in [5.41, 5.74) is 7.74. The molecular formula is C26H33N5O4. The summed E-state index contributed by atoms with van der Waals surface area (Å²) in [4.78, 5) is 37.9. The van der Waals surface area contributed by atoms with Crippen LogP contribution in [-0.4, -0.2) is 46.9 Å². The van der Waals surface area contributed by atoms with Crippen molar-refractivity contribution < 1.29 is 19.5 Å². The van der Waals surface area contributed by atoms with E-state index in [4.69, 9.17) is 16.2 Å². The highest BCUT2D eigenvalue weighted by molar-refractivity contribution is 5.95. The molecule has 1 atom stereocenters. The highest BCUT2D eigenvalue weighted by Gasteiger charge is 2.45. The SMILES string of the molecule is CC(C)C[C@@H](NCC(=O)O)C(=O)NC1(C(=O)NCc2ccc(C(=N)N)cc2)Cc2ccccc2C1. The summed E-state index contributed by atoms with van der Waals surface area (Å²) >= 11 is 0. The van der Waals surface area contributed by atoms with Crippen LogP contribution in [0.3, 0.4) is 0 Å². The highest BCUT2D eigenvalue weighted by atomic mass is 16.4. The lowest BCUT2D eigenvalue weighted by molar-refractivity contribution is -0.137. The van der Waals surface area contributed by atoms with E-state index >= 15 is 0 Å². The van der Waals surface area contributed by atoms with Crippen molar-refractivity contribution in [2.45, 2.75) is 51.2 Å². The third kappa shape index (κ3) is 6.66. The molecule has 9 nitrogen and oxygen atoms in total. The van der Waals surface area contributed by atoms with E-state index in [2.05, 4.69) is 16.0 Å². The summed E-state index contributed by atoms with van der Waals surface area (Å²) in [7, 11) is 0. The average Bonchev–Trinajstić information content (AvgIpc) is 3.19. The number of carboxylic acids is 1. The topological polar surface area (TPSA) is 157 Å². The zero-order valence-electron chi connectivity index (χ0n) is 20.1. The number of carbonyl (C=O) groups excluding carboxylic acids is 2. The normalized spacial score (nSPS) is 14.7. The third-order valence-corrected chi connectivity index (χ3v) is 6.14. The number of benzene rings is 2. The fraction of sp³-hybridized carbons (Fsp3) is 0.385. The van der Waals surface area contributed by atoms with Crippen LogP contribution in [0.25, 0.3) is 0 Å². The number of nitrogens with one attached hydrogen (secondary N) is 4. The number of aliphatic carboxylic acids is 1. The first kappa shape index (κ1) is 25.9. The minimum absolute atomic E-state index is 0.0292. The quantitative estimate of drug-likeness (QED) is 0.211. The lowest BCUT2D eigenvalue weighted by Crippen LogP contribution is -2.62. The molecule has 0 heterocycles. The van der Waals surface area contributed by atoms with Crippen molar-refractivity contribution in [3.8, 4) is 0 Å². The lowest BCUT2D eigenvalue weighted by atomic mass is 9.92. The van der Waals surface area contributed by atoms with Crippen LogP contribution < -0.4 is 21.7 Å². The molecule has 7 N–H and O–H groups in total. The molecule has 1 aliphatic carbocycles. The van der Waals surface area contributed by atoms with Gasteiger partial charge in [0.15, 0.2) is 0 Å². The number of carbonyl (C=O) groups is 3. The summed E-state index contributed by atoms with van der Waals surface area (Å²) in [5.74, 6) is -1.63. The molecule has 35 heavy (non-hydrogen) atoms. The van der Waals surface area contributed by atoms with Crippen molar-refractivity contribution in [3.63, 3.8) is 0 Å². The maximum Gasteiger partial charge on any atom is 0.317 e. The largest absolute Gasteiger partial charge is 0.480 e. The van der Waals surface area contributed by atoms with Crippen LogP contribution in [-0.2, 0) is 33.8 Å². The molecule has 0 saturated carbocycles. The van der Waals surface area contributed by atoms with Crippen LogP contribution in [0, 0.1) is 11.3 Å². The van der Waals surface area contributed by atoms with Crippen molar-refractivity contribution >= 4 is 23.6 Å². The van der Waals surface area contributed by atoms with Gasteiger partial charge in [-0.1, -0.05) is 62.4 Å². The predicted octanol–water partition coefficient (Wildman–Crippen LogP) is 1.33. The van der Waals surface area contributed by atoms with Crippen molar-refractivity contribution in [3.05, 3.63) is 70.8 Å². The van der Waals surface area contributed by atoms with Gasteiger partial charge in [-0.2, -0.15) is 0 Å². The van der Waals surface area contributed by atoms with Crippen molar-refractivity contribution in [1.82, 2.24) is 16.0 Å². The molecule has 0 aliphatic heterocycles. The second kappa shape index (κ2) is 11.1. The Morgan fingerprint density at radius 2 is 1.66 bits per heavy atom. The molecule has 0 unspecified atom stereocenters. The number of carboxylic acid groups (broad SMARTS) is 1. The first-order valence-corrected chi connectivity index (χ1v) is 11.7. The minimum Gasteiger partial charge on any atom is -0.480 e. The summed E-state index contributed by atoms with van der Waals surface area (Å²) in [6.45, 7) is 3.81. The Hall–Kier alpha value is -3.72. The maximum atomic E-state index is 13.5. The van der Waals surface area contributed by atoms with Crippen LogP contribution in [0.4, 0.5) is 0 Å². The molecule has 0 fully saturated rings. The Balaban J connectivity index is 1.79. The van der Waals surface area contributed by atoms with Crippen LogP contribution in [0.5, 0.6) is 0 Å². The van der Waals surface area contributed by atoms with Gasteiger partial charge in [0.2, 0.25) is 11.8 Å². The Morgan fingerprint density at radius 1 is 1.06 bits per heavy atom. The van der Waals surface area contributed by atoms with Gasteiger partial charge in [-0.25, -0.2) is 0 Å². The van der Waals surface area contributed by atoms with Crippen molar-refractivity contribution in [1.29, 1.82) is 5.41 Å². The van der Waals surface area contributed by atoms with Gasteiger partial charge in [0.25, 0.3) is 0 Å². The van der Waals surface area contributed by atoms with Crippen LogP contribution in [0.1, 0.15) is 42.5 Å². The van der Waals surface area contributed by atoms with Gasteiger partial charge in [0.1, 0.15) is 11.4 Å². The van der Waals surface area contributed by atoms with E-state index in [9.17, 15) is 14.4 Å². The molecule has 1 aliphatic rings. The Labute approximate surface area is 205 Å². The van der Waals surface area contributed by atoms with Gasteiger partial charge in [0.05, 0.1) is 12.6 Å². The molecule has 3 rings (SSSR count). The van der Waals surface area contributed by atoms with Gasteiger partial charge in [-0.3, -0.25) is 25.1 Å². The number of amidine groups is 1. The summed E-state index contributed by atoms with van der Waals surface area (Å²) in [5, 5.41) is 25.3. The smallest absolute Gasteiger partial charge is 0.317 e. The molecule has 9 heteroatoms. The number of amides is 2. The Bertz CT molecular complexity index is 1070. The monoisotopic (exact) mass is 479 g/mol. The number of nitrogens with two attached hydrogens (primary N) is 1. The average molecular weight is 480 g/mol. The van der Waals surface area contributed by atoms with Crippen LogP contribution in [0.15, 0.2) is 48.5 Å². The molecular weight excluding hydrogens is 446 g/mol. The molecule has 186 valence electrons. The minimum atomic E-state index is -1.18. The number of rotatable bonds is 11. The van der Waals surface area contributed by atoms with Gasteiger partial charge < -0.3 is 21.5 Å². The second-order valence-electron chi connectivity index (χ2n) is 9.44. The van der Waals surface area contributed by atoms with Gasteiger partial charge in [0, 0.05) is 24.9 Å². The number of hydrogen-bond acceptors (Lipinski definition) is 5. The molecule has 2 aromatic rings. The van der Waals surface area contributed by atoms with E-state index in [-0.39, 0.29) is 30.8 Å². The Morgan fingerprint density at radius 3 is 2.17 bits per heavy atom. The first-order valence-electron chi connectivity index (χ1n) is 11.7. The molecule has 2 amide bonds. The van der Waals surface area contributed by atoms with Gasteiger partial charge >= 0.3 is 5.97 Å². The number of nitrogen functional groups attached to an aromatic ring is 1. The first-order chi connectivity index (χ1) is 16.6. The van der Waals surface area contributed by atoms with E-state index in [1.807, 2.05) is 38.1 Å². The molecule has 0 spiro atoms. The zero-order chi connectivity index (χ0) is 25.6. The van der Waals surface area contributed by atoms with Gasteiger partial charge in [-0.05, 0) is 29.0 Å². The van der Waals surface area contributed by atoms with E-state index in [1.165, 1.54) is 0 Å². The molecule has 2 aromatic carbocycles. The highest BCUT2D eigenvalue weighted by Crippen LogP contribution is 2.31. The fourth-order valence-corrected chi connectivity index (χ4v) is 4.36. The number of fused-ring (bicyclic) bond motifs is 1. The van der Waals surface area contributed by atoms with E-state index < -0.39 is 23.5 Å². The standard InChI is InChI=1S/C26H33N5O4/c1-16(2)11-21(29-15-22(32)33)24(34)31-26(12-19-5-3-4-6-20(19)13-26)25(35)30-14-17-7-9-18(10-8-17)23(27)28/h3-10,16,21,29H,11-15H2,1-2H3,(H3,27,28)(H,30,35)(H,31,34)(H,32,33)/t21-/m1/s1. The predicted molar refractivity (Wildman–Crippen MR) is 133 cm³/mol. The molecule has 0 bridgehead atoms. The summed E-state index contributed by atoms with van der Waals surface area (Å²) in [6, 6.07) is 14.0.